The van der Waals surface area contributed by atoms with Gasteiger partial charge in [-0.3, -0.25) is 23.4 Å². The first-order valence-electron chi connectivity index (χ1n) is 12.7. The number of imidazole rings is 2. The number of ether oxygens (including phenoxy) is 2. The van der Waals surface area contributed by atoms with E-state index in [4.69, 9.17) is 50.8 Å². The quantitative estimate of drug-likeness (QED) is 0.164. The molecule has 0 aliphatic carbocycles. The number of aliphatic hydroxyl groups excluding tert-OH is 1. The maximum atomic E-state index is 15.9. The van der Waals surface area contributed by atoms with Crippen LogP contribution in [0.4, 0.5) is 16.2 Å². The average Bonchev–Trinajstić information content (AvgIpc) is 3.72. The highest BCUT2D eigenvalue weighted by atomic mass is 32.5. The Morgan fingerprint density at radius 2 is 1.77 bits per heavy atom. The van der Waals surface area contributed by atoms with Crippen LogP contribution in [0.3, 0.4) is 0 Å². The summed E-state index contributed by atoms with van der Waals surface area (Å²) in [4.78, 5) is 45.6. The first-order valence-corrected chi connectivity index (χ1v) is 16.4. The minimum Gasteiger partial charge on any atom is -0.387 e. The number of aromatic amines is 1. The summed E-state index contributed by atoms with van der Waals surface area (Å²) in [6.45, 7) is -5.37. The molecule has 7 heterocycles. The molecule has 3 saturated heterocycles. The van der Waals surface area contributed by atoms with Crippen LogP contribution in [0.25, 0.3) is 22.3 Å². The molecule has 20 nitrogen and oxygen atoms in total. The number of fused-ring (bicyclic) bond motifs is 5. The fraction of sp³-hybridized carbons (Fsp3) is 0.500. The number of nitrogens with two attached hydrogens (primary N) is 2. The topological polar surface area (TPSA) is 272 Å². The van der Waals surface area contributed by atoms with Crippen LogP contribution in [0.1, 0.15) is 12.5 Å². The molecule has 4 aromatic heterocycles. The van der Waals surface area contributed by atoms with Crippen molar-refractivity contribution in [1.29, 1.82) is 0 Å². The molecule has 0 amide bonds. The first kappa shape index (κ1) is 29.6. The summed E-state index contributed by atoms with van der Waals surface area (Å²) in [5.41, 5.74) is 11.1. The molecule has 44 heavy (non-hydrogen) atoms. The van der Waals surface area contributed by atoms with Crippen LogP contribution in [0.5, 0.6) is 0 Å². The van der Waals surface area contributed by atoms with Gasteiger partial charge in [0.25, 0.3) is 5.56 Å². The number of hydrogen-bond donors (Lipinski definition) is 5. The third-order valence-electron chi connectivity index (χ3n) is 7.17. The normalized spacial score (nSPS) is 35.8. The number of H-pyrrole nitrogens is 1. The van der Waals surface area contributed by atoms with Crippen molar-refractivity contribution in [3.63, 3.8) is 0 Å². The number of aromatic nitrogens is 8. The van der Waals surface area contributed by atoms with Crippen LogP contribution in [0.15, 0.2) is 23.8 Å². The molecule has 0 saturated carbocycles. The van der Waals surface area contributed by atoms with Crippen molar-refractivity contribution >= 4 is 60.9 Å². The largest absolute Gasteiger partial charge is 0.698 e. The SMILES string of the molecule is Nc1nc2c(ncn2[C@@H]2O[C@@H]3COP(O)(=S)O[C@H]4[C@@H](F)[C@H](n5cnc6c(N)ncnc65)O[C@@H]4CO[P+](=O)O[C@@H]2[C@@H]3O)c(=O)[nH]1. The number of aliphatic hydroxyl groups is 1. The van der Waals surface area contributed by atoms with E-state index in [0.717, 1.165) is 0 Å². The Morgan fingerprint density at radius 3 is 2.57 bits per heavy atom. The monoisotopic (exact) mass is 675 g/mol. The lowest BCUT2D eigenvalue weighted by atomic mass is 10.1. The zero-order chi connectivity index (χ0) is 30.9. The fourth-order valence-electron chi connectivity index (χ4n) is 5.17. The predicted molar refractivity (Wildman–Crippen MR) is 147 cm³/mol. The van der Waals surface area contributed by atoms with Crippen molar-refractivity contribution in [1.82, 2.24) is 39.0 Å². The van der Waals surface area contributed by atoms with Gasteiger partial charge in [0.05, 0.1) is 19.3 Å². The first-order chi connectivity index (χ1) is 21.0. The lowest BCUT2D eigenvalue weighted by Gasteiger charge is -2.25. The fourth-order valence-corrected chi connectivity index (χ4v) is 7.37. The predicted octanol–water partition coefficient (Wildman–Crippen LogP) is -0.691. The molecule has 2 bridgehead atoms. The Hall–Kier alpha value is -3.14. The molecule has 7 rings (SSSR count). The molecular formula is C20H22FN10O10P2S+. The van der Waals surface area contributed by atoms with Crippen LogP contribution in [-0.4, -0.2) is 98.9 Å². The van der Waals surface area contributed by atoms with Crippen LogP contribution >= 0.6 is 15.0 Å². The van der Waals surface area contributed by atoms with Crippen molar-refractivity contribution in [3.05, 3.63) is 29.3 Å². The van der Waals surface area contributed by atoms with E-state index in [1.165, 1.54) is 28.1 Å². The second-order valence-electron chi connectivity index (χ2n) is 9.85. The number of alkyl halides is 1. The van der Waals surface area contributed by atoms with Crippen LogP contribution in [-0.2, 0) is 43.9 Å². The third-order valence-corrected chi connectivity index (χ3v) is 9.51. The number of nitrogens with one attached hydrogen (secondary N) is 1. The Labute approximate surface area is 249 Å². The van der Waals surface area contributed by atoms with Gasteiger partial charge in [0.2, 0.25) is 5.95 Å². The summed E-state index contributed by atoms with van der Waals surface area (Å²) in [5.74, 6) is -0.158. The highest BCUT2D eigenvalue weighted by Gasteiger charge is 2.55. The Bertz CT molecular complexity index is 1880. The Morgan fingerprint density at radius 1 is 1.05 bits per heavy atom. The summed E-state index contributed by atoms with van der Waals surface area (Å²) in [6.07, 6.45) is -8.12. The second kappa shape index (κ2) is 11.0. The molecule has 2 unspecified atom stereocenters. The number of halogens is 1. The molecule has 24 heteroatoms. The molecule has 4 aromatic rings. The highest BCUT2D eigenvalue weighted by Crippen LogP contribution is 2.51. The van der Waals surface area contributed by atoms with E-state index in [-0.39, 0.29) is 34.1 Å². The molecule has 3 aliphatic heterocycles. The standard InChI is InChI=1S/C20H21FN10O10P2S/c21-8-12-7(39-18(8)30-4-26-9-14(22)24-3-25-15(9)30)1-36-42(34)40-13-11(32)6(2-37-43(35,44)41-12)38-19(13)31-5-27-10-16(31)28-20(23)29-17(10)33/h3-8,11-13,18-19,32H,1-2H2,(H5-,22,23,24,25,28,29,33,35,44)/p+1/t6-,7-,8-,11-,12-,13-,18-,19-,43?/m1/s1. The number of nitrogen functional groups attached to an aromatic ring is 2. The van der Waals surface area contributed by atoms with Gasteiger partial charge >= 0.3 is 15.0 Å². The molecule has 3 aliphatic rings. The van der Waals surface area contributed by atoms with Crippen LogP contribution in [0.2, 0.25) is 0 Å². The maximum absolute atomic E-state index is 15.9. The molecule has 0 aromatic carbocycles. The highest BCUT2D eigenvalue weighted by molar-refractivity contribution is 8.07. The van der Waals surface area contributed by atoms with E-state index in [0.29, 0.717) is 0 Å². The van der Waals surface area contributed by atoms with E-state index in [9.17, 15) is 19.4 Å². The average molecular weight is 675 g/mol. The van der Waals surface area contributed by atoms with E-state index < -0.39 is 82.9 Å². The van der Waals surface area contributed by atoms with Gasteiger partial charge in [-0.15, -0.1) is 9.05 Å². The Balaban J connectivity index is 1.18. The molecule has 7 N–H and O–H groups in total. The zero-order valence-corrected chi connectivity index (χ0v) is 24.5. The lowest BCUT2D eigenvalue weighted by Crippen LogP contribution is -2.35. The molecule has 234 valence electrons. The van der Waals surface area contributed by atoms with Gasteiger partial charge in [0, 0.05) is 4.57 Å². The Kier molecular flexibility index (Phi) is 7.41. The molecular weight excluding hydrogens is 653 g/mol. The van der Waals surface area contributed by atoms with Gasteiger partial charge in [0.15, 0.2) is 47.4 Å². The molecule has 3 fully saturated rings. The van der Waals surface area contributed by atoms with Crippen molar-refractivity contribution in [2.75, 3.05) is 24.7 Å². The van der Waals surface area contributed by atoms with Crippen molar-refractivity contribution in [3.8, 4) is 0 Å². The van der Waals surface area contributed by atoms with Crippen molar-refractivity contribution in [2.45, 2.75) is 49.1 Å². The minimum atomic E-state index is -4.24. The van der Waals surface area contributed by atoms with Gasteiger partial charge in [-0.1, -0.05) is 0 Å². The van der Waals surface area contributed by atoms with E-state index in [1.54, 1.807) is 0 Å². The van der Waals surface area contributed by atoms with Crippen LogP contribution < -0.4 is 17.0 Å². The zero-order valence-electron chi connectivity index (χ0n) is 21.9. The maximum Gasteiger partial charge on any atom is 0.698 e. The van der Waals surface area contributed by atoms with E-state index in [2.05, 4.69) is 29.9 Å². The summed E-state index contributed by atoms with van der Waals surface area (Å²) < 4.78 is 65.1. The van der Waals surface area contributed by atoms with Gasteiger partial charge in [-0.25, -0.2) is 24.3 Å². The van der Waals surface area contributed by atoms with E-state index >= 15 is 4.39 Å². The van der Waals surface area contributed by atoms with Gasteiger partial charge in [-0.2, -0.15) is 4.98 Å². The molecule has 0 radical (unpaired) electrons. The summed E-state index contributed by atoms with van der Waals surface area (Å²) in [5, 5.41) is 11.0. The summed E-state index contributed by atoms with van der Waals surface area (Å²) in [7, 11) is -3.02. The molecule has 10 atom stereocenters. The van der Waals surface area contributed by atoms with Gasteiger partial charge < -0.3 is 35.5 Å². The molecule has 0 spiro atoms. The van der Waals surface area contributed by atoms with Gasteiger partial charge in [-0.05, 0) is 11.8 Å². The van der Waals surface area contributed by atoms with E-state index in [1.807, 2.05) is 0 Å². The lowest BCUT2D eigenvalue weighted by molar-refractivity contribution is -0.0579. The smallest absolute Gasteiger partial charge is 0.387 e. The third kappa shape index (κ3) is 5.07. The summed E-state index contributed by atoms with van der Waals surface area (Å²) in [6, 6.07) is 0. The number of anilines is 2. The van der Waals surface area contributed by atoms with Crippen molar-refractivity contribution in [2.24, 2.45) is 0 Å². The van der Waals surface area contributed by atoms with Gasteiger partial charge in [0.1, 0.15) is 42.9 Å². The number of hydrogen-bond acceptors (Lipinski definition) is 17. The van der Waals surface area contributed by atoms with Crippen LogP contribution in [0, 0.1) is 0 Å². The van der Waals surface area contributed by atoms with Crippen molar-refractivity contribution < 1.29 is 46.5 Å². The number of rotatable bonds is 2. The minimum absolute atomic E-state index is 0.0206. The summed E-state index contributed by atoms with van der Waals surface area (Å²) >= 11 is 5.14. The second-order valence-corrected chi connectivity index (χ2v) is 13.6. The number of nitrogens with zero attached hydrogens (tertiary/aromatic N) is 7.